The molecular formula is C15H23FN2O2. The van der Waals surface area contributed by atoms with Crippen molar-refractivity contribution in [3.63, 3.8) is 0 Å². The van der Waals surface area contributed by atoms with E-state index in [4.69, 9.17) is 4.74 Å². The highest BCUT2D eigenvalue weighted by atomic mass is 19.1. The summed E-state index contributed by atoms with van der Waals surface area (Å²) in [5.74, 6) is 0.0760. The molecule has 1 aromatic carbocycles. The van der Waals surface area contributed by atoms with Crippen molar-refractivity contribution < 1.29 is 13.9 Å². The van der Waals surface area contributed by atoms with Crippen molar-refractivity contribution in [2.45, 2.75) is 20.3 Å². The van der Waals surface area contributed by atoms with Crippen LogP contribution in [-0.4, -0.2) is 32.2 Å². The maximum atomic E-state index is 12.9. The molecule has 0 saturated heterocycles. The number of carbonyl (C=O) groups excluding carboxylic acids is 1. The van der Waals surface area contributed by atoms with Crippen LogP contribution in [0.4, 0.5) is 10.1 Å². The van der Waals surface area contributed by atoms with E-state index in [0.29, 0.717) is 24.8 Å². The van der Waals surface area contributed by atoms with Crippen molar-refractivity contribution >= 4 is 11.6 Å². The molecule has 0 aliphatic carbocycles. The van der Waals surface area contributed by atoms with Crippen LogP contribution in [0.5, 0.6) is 0 Å². The van der Waals surface area contributed by atoms with E-state index in [1.54, 1.807) is 12.1 Å². The van der Waals surface area contributed by atoms with Gasteiger partial charge in [0.2, 0.25) is 5.91 Å². The van der Waals surface area contributed by atoms with Gasteiger partial charge in [0, 0.05) is 18.8 Å². The van der Waals surface area contributed by atoms with Crippen molar-refractivity contribution in [2.75, 3.05) is 31.6 Å². The Morgan fingerprint density at radius 1 is 1.35 bits per heavy atom. The van der Waals surface area contributed by atoms with Crippen molar-refractivity contribution in [1.29, 1.82) is 0 Å². The summed E-state index contributed by atoms with van der Waals surface area (Å²) in [6.07, 6.45) is 1.04. The van der Waals surface area contributed by atoms with E-state index in [1.165, 1.54) is 12.1 Å². The van der Waals surface area contributed by atoms with Gasteiger partial charge in [-0.15, -0.1) is 0 Å². The number of ether oxygens (including phenoxy) is 1. The predicted octanol–water partition coefficient (Wildman–Crippen LogP) is 2.42. The summed E-state index contributed by atoms with van der Waals surface area (Å²) < 4.78 is 18.3. The summed E-state index contributed by atoms with van der Waals surface area (Å²) in [7, 11) is 0. The second-order valence-electron chi connectivity index (χ2n) is 5.03. The number of halogens is 1. The molecule has 112 valence electrons. The van der Waals surface area contributed by atoms with Crippen LogP contribution >= 0.6 is 0 Å². The molecule has 0 spiro atoms. The fourth-order valence-corrected chi connectivity index (χ4v) is 1.54. The highest BCUT2D eigenvalue weighted by molar-refractivity contribution is 5.92. The third kappa shape index (κ3) is 7.86. The zero-order chi connectivity index (χ0) is 14.8. The van der Waals surface area contributed by atoms with Crippen LogP contribution < -0.4 is 10.6 Å². The van der Waals surface area contributed by atoms with E-state index in [2.05, 4.69) is 24.5 Å². The first-order chi connectivity index (χ1) is 9.58. The van der Waals surface area contributed by atoms with Gasteiger partial charge >= 0.3 is 0 Å². The smallest absolute Gasteiger partial charge is 0.238 e. The molecule has 5 heteroatoms. The lowest BCUT2D eigenvalue weighted by Crippen LogP contribution is -2.30. The predicted molar refractivity (Wildman–Crippen MR) is 78.2 cm³/mol. The van der Waals surface area contributed by atoms with Crippen LogP contribution in [0, 0.1) is 11.7 Å². The first-order valence-corrected chi connectivity index (χ1v) is 6.92. The van der Waals surface area contributed by atoms with Gasteiger partial charge in [-0.2, -0.15) is 0 Å². The lowest BCUT2D eigenvalue weighted by Gasteiger charge is -2.08. The number of anilines is 1. The second kappa shape index (κ2) is 9.44. The third-order valence-corrected chi connectivity index (χ3v) is 2.66. The highest BCUT2D eigenvalue weighted by Gasteiger charge is 2.02. The van der Waals surface area contributed by atoms with Gasteiger partial charge in [0.25, 0.3) is 0 Å². The average molecular weight is 282 g/mol. The number of carbonyl (C=O) groups is 1. The Balaban J connectivity index is 2.06. The maximum absolute atomic E-state index is 12.9. The molecule has 0 fully saturated rings. The van der Waals surface area contributed by atoms with E-state index in [0.717, 1.165) is 13.0 Å². The Bertz CT molecular complexity index is 411. The monoisotopic (exact) mass is 282 g/mol. The third-order valence-electron chi connectivity index (χ3n) is 2.66. The van der Waals surface area contributed by atoms with E-state index < -0.39 is 0 Å². The first-order valence-electron chi connectivity index (χ1n) is 6.92. The van der Waals surface area contributed by atoms with Crippen molar-refractivity contribution in [2.24, 2.45) is 5.92 Å². The molecular weight excluding hydrogens is 259 g/mol. The fourth-order valence-electron chi connectivity index (χ4n) is 1.54. The SMILES string of the molecule is CC(C)CCOCCNCC(=O)Nc1cccc(F)c1. The normalized spacial score (nSPS) is 10.8. The first kappa shape index (κ1) is 16.6. The molecule has 0 unspecified atom stereocenters. The van der Waals surface area contributed by atoms with Gasteiger partial charge in [0.05, 0.1) is 13.2 Å². The van der Waals surface area contributed by atoms with E-state index in [-0.39, 0.29) is 18.3 Å². The fraction of sp³-hybridized carbons (Fsp3) is 0.533. The quantitative estimate of drug-likeness (QED) is 0.684. The zero-order valence-electron chi connectivity index (χ0n) is 12.1. The molecule has 1 rings (SSSR count). The number of benzene rings is 1. The van der Waals surface area contributed by atoms with E-state index in [1.807, 2.05) is 0 Å². The molecule has 1 amide bonds. The van der Waals surface area contributed by atoms with Gasteiger partial charge in [-0.1, -0.05) is 19.9 Å². The summed E-state index contributed by atoms with van der Waals surface area (Å²) in [4.78, 5) is 11.6. The number of nitrogens with one attached hydrogen (secondary N) is 2. The Morgan fingerprint density at radius 2 is 2.15 bits per heavy atom. The lowest BCUT2D eigenvalue weighted by molar-refractivity contribution is -0.115. The standard InChI is InChI=1S/C15H23FN2O2/c1-12(2)6-8-20-9-7-17-11-15(19)18-14-5-3-4-13(16)10-14/h3-5,10,12,17H,6-9,11H2,1-2H3,(H,18,19). The number of hydrogen-bond donors (Lipinski definition) is 2. The minimum Gasteiger partial charge on any atom is -0.380 e. The second-order valence-corrected chi connectivity index (χ2v) is 5.03. The summed E-state index contributed by atoms with van der Waals surface area (Å²) in [5, 5.41) is 5.59. The van der Waals surface area contributed by atoms with Crippen molar-refractivity contribution in [1.82, 2.24) is 5.32 Å². The molecule has 2 N–H and O–H groups in total. The zero-order valence-corrected chi connectivity index (χ0v) is 12.1. The number of hydrogen-bond acceptors (Lipinski definition) is 3. The highest BCUT2D eigenvalue weighted by Crippen LogP contribution is 2.08. The summed E-state index contributed by atoms with van der Waals surface area (Å²) in [6, 6.07) is 5.83. The molecule has 0 atom stereocenters. The van der Waals surface area contributed by atoms with Gasteiger partial charge in [0.15, 0.2) is 0 Å². The minimum atomic E-state index is -0.366. The molecule has 1 aromatic rings. The maximum Gasteiger partial charge on any atom is 0.238 e. The Labute approximate surface area is 119 Å². The molecule has 0 aliphatic heterocycles. The number of amides is 1. The summed E-state index contributed by atoms with van der Waals surface area (Å²) in [6.45, 7) is 6.43. The molecule has 0 aromatic heterocycles. The summed E-state index contributed by atoms with van der Waals surface area (Å²) >= 11 is 0. The topological polar surface area (TPSA) is 50.4 Å². The molecule has 20 heavy (non-hydrogen) atoms. The minimum absolute atomic E-state index is 0.185. The van der Waals surface area contributed by atoms with Crippen molar-refractivity contribution in [3.8, 4) is 0 Å². The van der Waals surface area contributed by atoms with E-state index >= 15 is 0 Å². The molecule has 0 aliphatic rings. The molecule has 4 nitrogen and oxygen atoms in total. The van der Waals surface area contributed by atoms with Crippen LogP contribution in [0.1, 0.15) is 20.3 Å². The van der Waals surface area contributed by atoms with Crippen LogP contribution in [-0.2, 0) is 9.53 Å². The molecule has 0 radical (unpaired) electrons. The lowest BCUT2D eigenvalue weighted by atomic mass is 10.1. The van der Waals surface area contributed by atoms with Crippen molar-refractivity contribution in [3.05, 3.63) is 30.1 Å². The molecule has 0 bridgehead atoms. The number of rotatable bonds is 9. The molecule has 0 saturated carbocycles. The van der Waals surface area contributed by atoms with Gasteiger partial charge in [0.1, 0.15) is 5.82 Å². The van der Waals surface area contributed by atoms with Crippen LogP contribution in [0.3, 0.4) is 0 Å². The van der Waals surface area contributed by atoms with Gasteiger partial charge < -0.3 is 15.4 Å². The average Bonchev–Trinajstić information content (AvgIpc) is 2.37. The molecule has 0 heterocycles. The Kier molecular flexibility index (Phi) is 7.84. The Hall–Kier alpha value is -1.46. The summed E-state index contributed by atoms with van der Waals surface area (Å²) in [5.41, 5.74) is 0.463. The van der Waals surface area contributed by atoms with Gasteiger partial charge in [-0.05, 0) is 30.5 Å². The van der Waals surface area contributed by atoms with Gasteiger partial charge in [-0.25, -0.2) is 4.39 Å². The van der Waals surface area contributed by atoms with Crippen LogP contribution in [0.25, 0.3) is 0 Å². The largest absolute Gasteiger partial charge is 0.380 e. The van der Waals surface area contributed by atoms with Crippen LogP contribution in [0.15, 0.2) is 24.3 Å². The van der Waals surface area contributed by atoms with E-state index in [9.17, 15) is 9.18 Å². The Morgan fingerprint density at radius 3 is 2.85 bits per heavy atom. The van der Waals surface area contributed by atoms with Gasteiger partial charge in [-0.3, -0.25) is 4.79 Å². The van der Waals surface area contributed by atoms with Crippen LogP contribution in [0.2, 0.25) is 0 Å².